The number of aliphatic hydroxyl groups is 1. The number of rotatable bonds is 2. The summed E-state index contributed by atoms with van der Waals surface area (Å²) in [6.07, 6.45) is 0. The van der Waals surface area contributed by atoms with Gasteiger partial charge < -0.3 is 9.84 Å². The fourth-order valence-corrected chi connectivity index (χ4v) is 1.05. The highest BCUT2D eigenvalue weighted by Crippen LogP contribution is 2.04. The molecule has 0 atom stereocenters. The molecule has 0 aliphatic heterocycles. The molecular weight excluding hydrogens is 164 g/mol. The lowest BCUT2D eigenvalue weighted by Crippen LogP contribution is -1.87. The molecule has 2 heteroatoms. The molecule has 0 bridgehead atoms. The van der Waals surface area contributed by atoms with Crippen LogP contribution in [0, 0.1) is 11.8 Å². The maximum absolute atomic E-state index is 8.50. The van der Waals surface area contributed by atoms with Gasteiger partial charge in [0, 0.05) is 12.7 Å². The van der Waals surface area contributed by atoms with E-state index < -0.39 is 0 Å². The smallest absolute Gasteiger partial charge is 0.104 e. The summed E-state index contributed by atoms with van der Waals surface area (Å²) in [7, 11) is 1.66. The van der Waals surface area contributed by atoms with Gasteiger partial charge in [0.1, 0.15) is 6.61 Å². The van der Waals surface area contributed by atoms with Gasteiger partial charge in [0.2, 0.25) is 0 Å². The van der Waals surface area contributed by atoms with E-state index in [-0.39, 0.29) is 6.61 Å². The minimum Gasteiger partial charge on any atom is -0.384 e. The number of hydrogen-bond donors (Lipinski definition) is 1. The van der Waals surface area contributed by atoms with Gasteiger partial charge in [-0.2, -0.15) is 0 Å². The number of aliphatic hydroxyl groups excluding tert-OH is 1. The van der Waals surface area contributed by atoms with Crippen LogP contribution in [-0.2, 0) is 11.3 Å². The third-order valence-electron chi connectivity index (χ3n) is 1.55. The number of benzene rings is 1. The van der Waals surface area contributed by atoms with Crippen molar-refractivity contribution in [3.05, 3.63) is 35.4 Å². The van der Waals surface area contributed by atoms with E-state index in [1.165, 1.54) is 0 Å². The molecule has 1 N–H and O–H groups in total. The summed E-state index contributed by atoms with van der Waals surface area (Å²) < 4.78 is 4.99. The van der Waals surface area contributed by atoms with Gasteiger partial charge in [-0.25, -0.2) is 0 Å². The molecular formula is C11H12O2. The molecule has 0 radical (unpaired) electrons. The zero-order valence-corrected chi connectivity index (χ0v) is 7.58. The second kappa shape index (κ2) is 5.36. The van der Waals surface area contributed by atoms with E-state index >= 15 is 0 Å². The average Bonchev–Trinajstić information content (AvgIpc) is 2.16. The van der Waals surface area contributed by atoms with Gasteiger partial charge in [0.05, 0.1) is 6.61 Å². The van der Waals surface area contributed by atoms with Gasteiger partial charge >= 0.3 is 0 Å². The first-order valence-electron chi connectivity index (χ1n) is 4.04. The molecule has 0 heterocycles. The molecule has 1 rings (SSSR count). The van der Waals surface area contributed by atoms with Crippen LogP contribution in [0.3, 0.4) is 0 Å². The first-order valence-corrected chi connectivity index (χ1v) is 4.04. The zero-order valence-electron chi connectivity index (χ0n) is 7.58. The van der Waals surface area contributed by atoms with Gasteiger partial charge in [0.15, 0.2) is 0 Å². The molecule has 13 heavy (non-hydrogen) atoms. The minimum absolute atomic E-state index is 0.103. The molecule has 68 valence electrons. The summed E-state index contributed by atoms with van der Waals surface area (Å²) in [6.45, 7) is 0.489. The fourth-order valence-electron chi connectivity index (χ4n) is 1.05. The van der Waals surface area contributed by atoms with Crippen molar-refractivity contribution in [1.29, 1.82) is 0 Å². The largest absolute Gasteiger partial charge is 0.384 e. The van der Waals surface area contributed by atoms with E-state index in [2.05, 4.69) is 11.8 Å². The summed E-state index contributed by atoms with van der Waals surface area (Å²) in [4.78, 5) is 0. The summed E-state index contributed by atoms with van der Waals surface area (Å²) in [6, 6.07) is 7.76. The molecule has 0 fully saturated rings. The van der Waals surface area contributed by atoms with Gasteiger partial charge in [-0.1, -0.05) is 24.0 Å². The Morgan fingerprint density at radius 3 is 3.00 bits per heavy atom. The van der Waals surface area contributed by atoms with Crippen molar-refractivity contribution in [3.63, 3.8) is 0 Å². The summed E-state index contributed by atoms with van der Waals surface area (Å²) in [5, 5.41) is 8.50. The Labute approximate surface area is 78.2 Å². The molecule has 0 saturated carbocycles. The van der Waals surface area contributed by atoms with E-state index in [0.29, 0.717) is 6.61 Å². The van der Waals surface area contributed by atoms with Crippen molar-refractivity contribution >= 4 is 0 Å². The normalized spacial score (nSPS) is 9.08. The van der Waals surface area contributed by atoms with Crippen LogP contribution in [0.25, 0.3) is 0 Å². The highest BCUT2D eigenvalue weighted by Gasteiger charge is 1.91. The molecule has 1 aromatic carbocycles. The van der Waals surface area contributed by atoms with E-state index in [0.717, 1.165) is 11.1 Å². The second-order valence-electron chi connectivity index (χ2n) is 2.59. The number of ether oxygens (including phenoxy) is 1. The van der Waals surface area contributed by atoms with E-state index in [1.54, 1.807) is 7.11 Å². The van der Waals surface area contributed by atoms with Crippen molar-refractivity contribution in [2.45, 2.75) is 6.61 Å². The van der Waals surface area contributed by atoms with Crippen molar-refractivity contribution in [2.75, 3.05) is 13.7 Å². The summed E-state index contributed by atoms with van der Waals surface area (Å²) >= 11 is 0. The van der Waals surface area contributed by atoms with E-state index in [1.807, 2.05) is 24.3 Å². The number of methoxy groups -OCH3 is 1. The molecule has 2 nitrogen and oxygen atoms in total. The van der Waals surface area contributed by atoms with Crippen LogP contribution in [0.5, 0.6) is 0 Å². The van der Waals surface area contributed by atoms with Crippen molar-refractivity contribution in [3.8, 4) is 11.8 Å². The molecule has 0 amide bonds. The van der Waals surface area contributed by atoms with Crippen LogP contribution < -0.4 is 0 Å². The Kier molecular flexibility index (Phi) is 4.04. The first-order chi connectivity index (χ1) is 6.36. The molecule has 0 saturated heterocycles. The highest BCUT2D eigenvalue weighted by molar-refractivity contribution is 5.36. The van der Waals surface area contributed by atoms with Crippen LogP contribution in [0.1, 0.15) is 11.1 Å². The molecule has 0 spiro atoms. The predicted octanol–water partition coefficient (Wildman–Crippen LogP) is 1.18. The van der Waals surface area contributed by atoms with E-state index in [9.17, 15) is 0 Å². The minimum atomic E-state index is -0.103. The highest BCUT2D eigenvalue weighted by atomic mass is 16.5. The Morgan fingerprint density at radius 2 is 2.31 bits per heavy atom. The first kappa shape index (κ1) is 9.79. The Balaban J connectivity index is 2.79. The summed E-state index contributed by atoms with van der Waals surface area (Å²) in [5.74, 6) is 5.44. The summed E-state index contributed by atoms with van der Waals surface area (Å²) in [5.41, 5.74) is 2.00. The van der Waals surface area contributed by atoms with Crippen molar-refractivity contribution in [2.24, 2.45) is 0 Å². The van der Waals surface area contributed by atoms with Gasteiger partial charge in [-0.05, 0) is 17.7 Å². The van der Waals surface area contributed by atoms with Crippen LogP contribution in [0.4, 0.5) is 0 Å². The molecule has 0 aliphatic rings. The van der Waals surface area contributed by atoms with E-state index in [4.69, 9.17) is 9.84 Å². The third-order valence-corrected chi connectivity index (χ3v) is 1.55. The monoisotopic (exact) mass is 176 g/mol. The second-order valence-corrected chi connectivity index (χ2v) is 2.59. The van der Waals surface area contributed by atoms with Crippen LogP contribution in [-0.4, -0.2) is 18.8 Å². The quantitative estimate of drug-likeness (QED) is 0.685. The van der Waals surface area contributed by atoms with Gasteiger partial charge in [-0.3, -0.25) is 0 Å². The topological polar surface area (TPSA) is 29.5 Å². The molecule has 0 aromatic heterocycles. The number of hydrogen-bond acceptors (Lipinski definition) is 2. The van der Waals surface area contributed by atoms with Crippen LogP contribution >= 0.6 is 0 Å². The van der Waals surface area contributed by atoms with Crippen molar-refractivity contribution in [1.82, 2.24) is 0 Å². The Bertz CT molecular complexity index is 320. The van der Waals surface area contributed by atoms with Crippen molar-refractivity contribution < 1.29 is 9.84 Å². The zero-order chi connectivity index (χ0) is 9.52. The van der Waals surface area contributed by atoms with Crippen LogP contribution in [0.15, 0.2) is 24.3 Å². The van der Waals surface area contributed by atoms with Gasteiger partial charge in [-0.15, -0.1) is 0 Å². The Hall–Kier alpha value is -1.30. The molecule has 1 aromatic rings. The predicted molar refractivity (Wildman–Crippen MR) is 51.1 cm³/mol. The molecule has 0 aliphatic carbocycles. The van der Waals surface area contributed by atoms with Gasteiger partial charge in [0.25, 0.3) is 0 Å². The standard InChI is InChI=1S/C11H12O2/c1-13-9-11-5-2-4-10(8-11)6-3-7-12/h2,4-5,8,12H,7,9H2,1H3. The maximum atomic E-state index is 8.50. The maximum Gasteiger partial charge on any atom is 0.104 e. The third kappa shape index (κ3) is 3.29. The lowest BCUT2D eigenvalue weighted by atomic mass is 10.1. The SMILES string of the molecule is COCc1cccc(C#CCO)c1. The lowest BCUT2D eigenvalue weighted by Gasteiger charge is -1.98. The molecule has 0 unspecified atom stereocenters. The lowest BCUT2D eigenvalue weighted by molar-refractivity contribution is 0.185. The fraction of sp³-hybridized carbons (Fsp3) is 0.273. The average molecular weight is 176 g/mol. The van der Waals surface area contributed by atoms with Crippen LogP contribution in [0.2, 0.25) is 0 Å². The Morgan fingerprint density at radius 1 is 1.46 bits per heavy atom.